The molecular formula is C29H28N4O2S. The number of amidine groups is 1. The third-order valence-corrected chi connectivity index (χ3v) is 7.57. The van der Waals surface area contributed by atoms with Crippen molar-refractivity contribution in [3.8, 4) is 0 Å². The first-order chi connectivity index (χ1) is 17.4. The first kappa shape index (κ1) is 24.0. The van der Waals surface area contributed by atoms with Gasteiger partial charge in [-0.1, -0.05) is 89.6 Å². The lowest BCUT2D eigenvalue weighted by Gasteiger charge is -2.23. The lowest BCUT2D eigenvalue weighted by Crippen LogP contribution is -2.25. The molecule has 2 heterocycles. The molecule has 2 aliphatic rings. The molecule has 5 rings (SSSR count). The first-order valence-corrected chi connectivity index (χ1v) is 12.9. The Labute approximate surface area is 215 Å². The van der Waals surface area contributed by atoms with Crippen molar-refractivity contribution in [3.05, 3.63) is 101 Å². The lowest BCUT2D eigenvalue weighted by atomic mass is 9.98. The average Bonchev–Trinajstić information content (AvgIpc) is 3.46. The summed E-state index contributed by atoms with van der Waals surface area (Å²) in [5.41, 5.74) is 7.20. The van der Waals surface area contributed by atoms with Crippen molar-refractivity contribution < 1.29 is 9.59 Å². The Morgan fingerprint density at radius 3 is 2.44 bits per heavy atom. The number of carbonyl (C=O) groups excluding carboxylic acids is 2. The van der Waals surface area contributed by atoms with Gasteiger partial charge in [0.05, 0.1) is 11.8 Å². The summed E-state index contributed by atoms with van der Waals surface area (Å²) in [5.74, 6) is -0.495. The summed E-state index contributed by atoms with van der Waals surface area (Å²) in [4.78, 5) is 29.9. The maximum absolute atomic E-state index is 12.8. The number of hydrazone groups is 1. The van der Waals surface area contributed by atoms with Crippen molar-refractivity contribution >= 4 is 40.1 Å². The molecule has 0 radical (unpaired) electrons. The highest BCUT2D eigenvalue weighted by molar-refractivity contribution is 8.15. The first-order valence-electron chi connectivity index (χ1n) is 12.0. The Balaban J connectivity index is 1.34. The molecule has 0 spiro atoms. The van der Waals surface area contributed by atoms with Crippen molar-refractivity contribution in [2.24, 2.45) is 10.1 Å². The SMILES string of the molecule is Cc1ccc(C2=NN(C3=NC(=O)[C@@H](CC(=O)Nc4ccc(C)cc4C)S3)[C@H](c3ccccc3)C2)cc1. The molecule has 6 nitrogen and oxygen atoms in total. The van der Waals surface area contributed by atoms with Gasteiger partial charge in [0.15, 0.2) is 5.17 Å². The van der Waals surface area contributed by atoms with E-state index in [0.29, 0.717) is 11.6 Å². The summed E-state index contributed by atoms with van der Waals surface area (Å²) in [6.07, 6.45) is 0.765. The fraction of sp³-hybridized carbons (Fsp3) is 0.241. The molecule has 2 atom stereocenters. The van der Waals surface area contributed by atoms with Gasteiger partial charge in [0, 0.05) is 18.5 Å². The number of rotatable bonds is 5. The second kappa shape index (κ2) is 10.1. The quantitative estimate of drug-likeness (QED) is 0.485. The highest BCUT2D eigenvalue weighted by atomic mass is 32.2. The molecule has 2 aliphatic heterocycles. The summed E-state index contributed by atoms with van der Waals surface area (Å²) >= 11 is 1.32. The van der Waals surface area contributed by atoms with E-state index in [9.17, 15) is 9.59 Å². The molecule has 2 amide bonds. The number of anilines is 1. The number of benzene rings is 3. The molecule has 1 N–H and O–H groups in total. The van der Waals surface area contributed by atoms with Crippen LogP contribution in [-0.2, 0) is 9.59 Å². The van der Waals surface area contributed by atoms with Crippen LogP contribution in [0.5, 0.6) is 0 Å². The number of thioether (sulfide) groups is 1. The van der Waals surface area contributed by atoms with Crippen LogP contribution in [0.25, 0.3) is 0 Å². The highest BCUT2D eigenvalue weighted by Gasteiger charge is 2.39. The zero-order valence-electron chi connectivity index (χ0n) is 20.6. The number of aryl methyl sites for hydroxylation is 3. The van der Waals surface area contributed by atoms with E-state index in [1.807, 2.05) is 55.3 Å². The van der Waals surface area contributed by atoms with Gasteiger partial charge in [-0.05, 0) is 43.5 Å². The molecule has 0 aromatic heterocycles. The van der Waals surface area contributed by atoms with Crippen LogP contribution in [0.3, 0.4) is 0 Å². The highest BCUT2D eigenvalue weighted by Crippen LogP contribution is 2.38. The van der Waals surface area contributed by atoms with Crippen molar-refractivity contribution in [1.82, 2.24) is 5.01 Å². The van der Waals surface area contributed by atoms with E-state index in [1.54, 1.807) is 0 Å². The molecule has 36 heavy (non-hydrogen) atoms. The van der Waals surface area contributed by atoms with Gasteiger partial charge in [-0.3, -0.25) is 9.59 Å². The molecule has 0 fully saturated rings. The van der Waals surface area contributed by atoms with Gasteiger partial charge >= 0.3 is 0 Å². The molecule has 182 valence electrons. The average molecular weight is 497 g/mol. The normalized spacial score (nSPS) is 19.3. The predicted molar refractivity (Wildman–Crippen MR) is 146 cm³/mol. The van der Waals surface area contributed by atoms with Crippen LogP contribution < -0.4 is 5.32 Å². The third kappa shape index (κ3) is 5.11. The summed E-state index contributed by atoms with van der Waals surface area (Å²) in [5, 5.41) is 9.68. The second-order valence-corrected chi connectivity index (χ2v) is 10.5. The Morgan fingerprint density at radius 2 is 1.72 bits per heavy atom. The standard InChI is InChI=1S/C29H28N4O2S/c1-18-9-12-21(13-10-18)24-16-25(22-7-5-4-6-8-22)33(32-24)29-31-28(35)26(36-29)17-27(34)30-23-14-11-19(2)15-20(23)3/h4-15,25-26H,16-17H2,1-3H3,(H,30,34)/t25-,26+/m0/s1. The van der Waals surface area contributed by atoms with Gasteiger partial charge < -0.3 is 5.32 Å². The molecule has 3 aromatic carbocycles. The Morgan fingerprint density at radius 1 is 1.00 bits per heavy atom. The van der Waals surface area contributed by atoms with Gasteiger partial charge in [0.2, 0.25) is 5.91 Å². The molecule has 7 heteroatoms. The zero-order valence-corrected chi connectivity index (χ0v) is 21.4. The summed E-state index contributed by atoms with van der Waals surface area (Å²) in [7, 11) is 0. The molecule has 0 saturated heterocycles. The molecule has 0 aliphatic carbocycles. The summed E-state index contributed by atoms with van der Waals surface area (Å²) < 4.78 is 0. The third-order valence-electron chi connectivity index (χ3n) is 6.43. The topological polar surface area (TPSA) is 74.1 Å². The monoisotopic (exact) mass is 496 g/mol. The van der Waals surface area contributed by atoms with Crippen LogP contribution in [0.1, 0.15) is 46.7 Å². The largest absolute Gasteiger partial charge is 0.326 e. The fourth-order valence-electron chi connectivity index (χ4n) is 4.47. The number of hydrogen-bond acceptors (Lipinski definition) is 5. The van der Waals surface area contributed by atoms with E-state index in [1.165, 1.54) is 17.3 Å². The second-order valence-electron chi connectivity index (χ2n) is 9.30. The van der Waals surface area contributed by atoms with Crippen LogP contribution in [0.4, 0.5) is 5.69 Å². The van der Waals surface area contributed by atoms with Gasteiger partial charge in [-0.25, -0.2) is 5.01 Å². The van der Waals surface area contributed by atoms with Crippen molar-refractivity contribution in [1.29, 1.82) is 0 Å². The van der Waals surface area contributed by atoms with Crippen LogP contribution >= 0.6 is 11.8 Å². The minimum absolute atomic E-state index is 0.0577. The maximum Gasteiger partial charge on any atom is 0.262 e. The van der Waals surface area contributed by atoms with Gasteiger partial charge in [-0.15, -0.1) is 0 Å². The summed E-state index contributed by atoms with van der Waals surface area (Å²) in [6.45, 7) is 6.03. The number of nitrogens with one attached hydrogen (secondary N) is 1. The molecule has 0 unspecified atom stereocenters. The Bertz CT molecular complexity index is 1370. The minimum atomic E-state index is -0.569. The van der Waals surface area contributed by atoms with E-state index >= 15 is 0 Å². The number of hydrogen-bond donors (Lipinski definition) is 1. The van der Waals surface area contributed by atoms with Gasteiger partial charge in [0.25, 0.3) is 5.91 Å². The van der Waals surface area contributed by atoms with E-state index in [0.717, 1.165) is 33.7 Å². The summed E-state index contributed by atoms with van der Waals surface area (Å²) in [6, 6.07) is 24.3. The van der Waals surface area contributed by atoms with E-state index < -0.39 is 5.25 Å². The predicted octanol–water partition coefficient (Wildman–Crippen LogP) is 5.79. The lowest BCUT2D eigenvalue weighted by molar-refractivity contribution is -0.121. The number of aliphatic imine (C=N–C) groups is 1. The Kier molecular flexibility index (Phi) is 6.74. The zero-order chi connectivity index (χ0) is 25.2. The van der Waals surface area contributed by atoms with E-state index in [2.05, 4.69) is 53.6 Å². The van der Waals surface area contributed by atoms with Crippen LogP contribution in [0.2, 0.25) is 0 Å². The maximum atomic E-state index is 12.8. The van der Waals surface area contributed by atoms with E-state index in [-0.39, 0.29) is 24.3 Å². The van der Waals surface area contributed by atoms with Crippen LogP contribution in [-0.4, -0.2) is 33.0 Å². The van der Waals surface area contributed by atoms with Crippen LogP contribution in [0.15, 0.2) is 82.9 Å². The van der Waals surface area contributed by atoms with E-state index in [4.69, 9.17) is 5.10 Å². The minimum Gasteiger partial charge on any atom is -0.326 e. The Hall–Kier alpha value is -3.71. The molecule has 3 aromatic rings. The number of amides is 2. The number of nitrogens with zero attached hydrogens (tertiary/aromatic N) is 3. The van der Waals surface area contributed by atoms with Crippen molar-refractivity contribution in [3.63, 3.8) is 0 Å². The van der Waals surface area contributed by atoms with Gasteiger partial charge in [0.1, 0.15) is 5.25 Å². The van der Waals surface area contributed by atoms with Crippen molar-refractivity contribution in [2.45, 2.75) is 44.9 Å². The van der Waals surface area contributed by atoms with Gasteiger partial charge in [-0.2, -0.15) is 10.1 Å². The van der Waals surface area contributed by atoms with Crippen molar-refractivity contribution in [2.75, 3.05) is 5.32 Å². The smallest absolute Gasteiger partial charge is 0.262 e. The van der Waals surface area contributed by atoms with Crippen LogP contribution in [0, 0.1) is 20.8 Å². The molecular weight excluding hydrogens is 468 g/mol. The molecule has 0 saturated carbocycles. The fourth-order valence-corrected chi connectivity index (χ4v) is 5.53. The number of carbonyl (C=O) groups is 2. The molecule has 0 bridgehead atoms.